The van der Waals surface area contributed by atoms with E-state index in [0.29, 0.717) is 0 Å². The molecule has 0 aliphatic carbocycles. The summed E-state index contributed by atoms with van der Waals surface area (Å²) in [6.07, 6.45) is 7.05. The zero-order valence-corrected chi connectivity index (χ0v) is 12.3. The fourth-order valence-electron chi connectivity index (χ4n) is 2.05. The molecule has 3 nitrogen and oxygen atoms in total. The smallest absolute Gasteiger partial charge is 0.0628 e. The summed E-state index contributed by atoms with van der Waals surface area (Å²) in [7, 11) is 0. The molecule has 1 heterocycles. The van der Waals surface area contributed by atoms with E-state index in [1.165, 1.54) is 11.3 Å². The molecule has 0 unspecified atom stereocenters. The van der Waals surface area contributed by atoms with Gasteiger partial charge < -0.3 is 5.32 Å². The van der Waals surface area contributed by atoms with Crippen molar-refractivity contribution in [3.63, 3.8) is 0 Å². The van der Waals surface area contributed by atoms with E-state index in [1.54, 1.807) is 0 Å². The van der Waals surface area contributed by atoms with Crippen LogP contribution in [0.3, 0.4) is 0 Å². The van der Waals surface area contributed by atoms with Crippen molar-refractivity contribution < 1.29 is 0 Å². The van der Waals surface area contributed by atoms with Gasteiger partial charge in [0.2, 0.25) is 0 Å². The summed E-state index contributed by atoms with van der Waals surface area (Å²) in [6.45, 7) is 12.5. The van der Waals surface area contributed by atoms with E-state index >= 15 is 0 Å². The number of hydrogen-bond acceptors (Lipinski definition) is 2. The molecule has 0 radical (unpaired) electrons. The van der Waals surface area contributed by atoms with Gasteiger partial charge in [-0.3, -0.25) is 4.68 Å². The van der Waals surface area contributed by atoms with Crippen molar-refractivity contribution >= 4 is 0 Å². The molecule has 0 amide bonds. The molecule has 1 aromatic heterocycles. The number of terminal acetylenes is 1. The molecule has 100 valence electrons. The highest BCUT2D eigenvalue weighted by Crippen LogP contribution is 2.14. The van der Waals surface area contributed by atoms with Gasteiger partial charge in [-0.05, 0) is 53.1 Å². The van der Waals surface area contributed by atoms with Gasteiger partial charge in [-0.2, -0.15) is 5.10 Å². The standard InChI is InChI=1S/C15H25N3/c1-7-8-11-18-13(3)14(12(2)17-18)9-10-16-15(4,5)6/h1,16H,8-11H2,2-6H3. The van der Waals surface area contributed by atoms with Gasteiger partial charge in [0, 0.05) is 17.7 Å². The van der Waals surface area contributed by atoms with Gasteiger partial charge in [-0.25, -0.2) is 0 Å². The molecule has 0 saturated heterocycles. The Kier molecular flexibility index (Phi) is 4.98. The SMILES string of the molecule is C#CCCn1nc(C)c(CCNC(C)(C)C)c1C. The lowest BCUT2D eigenvalue weighted by atomic mass is 10.1. The highest BCUT2D eigenvalue weighted by molar-refractivity contribution is 5.25. The van der Waals surface area contributed by atoms with Crippen molar-refractivity contribution in [1.29, 1.82) is 0 Å². The van der Waals surface area contributed by atoms with Crippen molar-refractivity contribution in [2.24, 2.45) is 0 Å². The Bertz CT molecular complexity index is 430. The summed E-state index contributed by atoms with van der Waals surface area (Å²) < 4.78 is 2.03. The van der Waals surface area contributed by atoms with Gasteiger partial charge in [0.15, 0.2) is 0 Å². The minimum Gasteiger partial charge on any atom is -0.312 e. The second kappa shape index (κ2) is 6.06. The number of aromatic nitrogens is 2. The Morgan fingerprint density at radius 2 is 2.00 bits per heavy atom. The van der Waals surface area contributed by atoms with Crippen molar-refractivity contribution in [2.75, 3.05) is 6.54 Å². The summed E-state index contributed by atoms with van der Waals surface area (Å²) in [6, 6.07) is 0. The Morgan fingerprint density at radius 3 is 2.56 bits per heavy atom. The monoisotopic (exact) mass is 247 g/mol. The van der Waals surface area contributed by atoms with Gasteiger partial charge in [-0.1, -0.05) is 0 Å². The second-order valence-corrected chi connectivity index (χ2v) is 5.75. The van der Waals surface area contributed by atoms with E-state index < -0.39 is 0 Å². The molecule has 0 fully saturated rings. The maximum absolute atomic E-state index is 5.30. The molecule has 0 saturated carbocycles. The van der Waals surface area contributed by atoms with E-state index in [9.17, 15) is 0 Å². The lowest BCUT2D eigenvalue weighted by molar-refractivity contribution is 0.429. The van der Waals surface area contributed by atoms with Crippen LogP contribution in [-0.2, 0) is 13.0 Å². The molecular formula is C15H25N3. The first-order valence-electron chi connectivity index (χ1n) is 6.56. The minimum absolute atomic E-state index is 0.168. The van der Waals surface area contributed by atoms with Crippen LogP contribution in [0.25, 0.3) is 0 Å². The third-order valence-corrected chi connectivity index (χ3v) is 3.03. The number of rotatable bonds is 5. The molecular weight excluding hydrogens is 222 g/mol. The van der Waals surface area contributed by atoms with Crippen LogP contribution in [0.15, 0.2) is 0 Å². The molecule has 0 aliphatic rings. The van der Waals surface area contributed by atoms with Crippen LogP contribution < -0.4 is 5.32 Å². The van der Waals surface area contributed by atoms with Crippen LogP contribution in [0.4, 0.5) is 0 Å². The third-order valence-electron chi connectivity index (χ3n) is 3.03. The highest BCUT2D eigenvalue weighted by atomic mass is 15.3. The molecule has 3 heteroatoms. The quantitative estimate of drug-likeness (QED) is 0.810. The maximum Gasteiger partial charge on any atom is 0.0628 e. The van der Waals surface area contributed by atoms with Crippen molar-refractivity contribution in [3.05, 3.63) is 17.0 Å². The topological polar surface area (TPSA) is 29.9 Å². The summed E-state index contributed by atoms with van der Waals surface area (Å²) in [5.41, 5.74) is 3.89. The van der Waals surface area contributed by atoms with Gasteiger partial charge in [-0.15, -0.1) is 12.3 Å². The predicted octanol–water partition coefficient (Wildman–Crippen LogP) is 2.45. The van der Waals surface area contributed by atoms with E-state index in [2.05, 4.69) is 51.0 Å². The first-order chi connectivity index (χ1) is 8.35. The first kappa shape index (κ1) is 14.8. The lowest BCUT2D eigenvalue weighted by Crippen LogP contribution is -2.37. The lowest BCUT2D eigenvalue weighted by Gasteiger charge is -2.20. The van der Waals surface area contributed by atoms with Crippen molar-refractivity contribution in [2.45, 2.75) is 59.5 Å². The molecule has 1 N–H and O–H groups in total. The molecule has 18 heavy (non-hydrogen) atoms. The van der Waals surface area contributed by atoms with Crippen LogP contribution in [0.1, 0.15) is 44.1 Å². The number of nitrogens with zero attached hydrogens (tertiary/aromatic N) is 2. The van der Waals surface area contributed by atoms with Crippen molar-refractivity contribution in [1.82, 2.24) is 15.1 Å². The number of aryl methyl sites for hydroxylation is 2. The normalized spacial score (nSPS) is 11.6. The van der Waals surface area contributed by atoms with Crippen LogP contribution in [0.5, 0.6) is 0 Å². The van der Waals surface area contributed by atoms with Crippen molar-refractivity contribution in [3.8, 4) is 12.3 Å². The summed E-state index contributed by atoms with van der Waals surface area (Å²) in [5.74, 6) is 2.66. The van der Waals surface area contributed by atoms with E-state index in [-0.39, 0.29) is 5.54 Å². The zero-order chi connectivity index (χ0) is 13.8. The Labute approximate surface area is 111 Å². The number of nitrogens with one attached hydrogen (secondary N) is 1. The largest absolute Gasteiger partial charge is 0.312 e. The average molecular weight is 247 g/mol. The van der Waals surface area contributed by atoms with Gasteiger partial charge in [0.05, 0.1) is 12.2 Å². The van der Waals surface area contributed by atoms with E-state index in [1.807, 2.05) is 4.68 Å². The molecule has 0 atom stereocenters. The summed E-state index contributed by atoms with van der Waals surface area (Å²) in [5, 5.41) is 8.06. The molecule has 0 aliphatic heterocycles. The predicted molar refractivity (Wildman–Crippen MR) is 76.6 cm³/mol. The van der Waals surface area contributed by atoms with Crippen LogP contribution in [0, 0.1) is 26.2 Å². The van der Waals surface area contributed by atoms with Gasteiger partial charge in [0.1, 0.15) is 0 Å². The van der Waals surface area contributed by atoms with Crippen LogP contribution in [-0.4, -0.2) is 21.9 Å². The molecule has 0 aromatic carbocycles. The zero-order valence-electron chi connectivity index (χ0n) is 12.3. The summed E-state index contributed by atoms with van der Waals surface area (Å²) >= 11 is 0. The molecule has 0 spiro atoms. The minimum atomic E-state index is 0.168. The average Bonchev–Trinajstić information content (AvgIpc) is 2.52. The van der Waals surface area contributed by atoms with E-state index in [4.69, 9.17) is 6.42 Å². The first-order valence-corrected chi connectivity index (χ1v) is 6.56. The molecule has 1 aromatic rings. The summed E-state index contributed by atoms with van der Waals surface area (Å²) in [4.78, 5) is 0. The van der Waals surface area contributed by atoms with Gasteiger partial charge in [0.25, 0.3) is 0 Å². The number of hydrogen-bond donors (Lipinski definition) is 1. The van der Waals surface area contributed by atoms with E-state index in [0.717, 1.165) is 31.6 Å². The van der Waals surface area contributed by atoms with Crippen LogP contribution >= 0.6 is 0 Å². The Hall–Kier alpha value is -1.27. The maximum atomic E-state index is 5.30. The fraction of sp³-hybridized carbons (Fsp3) is 0.667. The Balaban J connectivity index is 2.66. The van der Waals surface area contributed by atoms with Gasteiger partial charge >= 0.3 is 0 Å². The second-order valence-electron chi connectivity index (χ2n) is 5.75. The highest BCUT2D eigenvalue weighted by Gasteiger charge is 2.13. The third kappa shape index (κ3) is 4.19. The molecule has 1 rings (SSSR count). The van der Waals surface area contributed by atoms with Crippen LogP contribution in [0.2, 0.25) is 0 Å². The fourth-order valence-corrected chi connectivity index (χ4v) is 2.05. The Morgan fingerprint density at radius 1 is 1.33 bits per heavy atom. The molecule has 0 bridgehead atoms.